The van der Waals surface area contributed by atoms with E-state index < -0.39 is 157 Å². The molecule has 0 fully saturated rings. The molecule has 1 aromatic heterocycles. The molecule has 21 N–H and O–H groups in total. The van der Waals surface area contributed by atoms with E-state index in [4.69, 9.17) is 28.7 Å². The second kappa shape index (κ2) is 34.6. The van der Waals surface area contributed by atoms with Gasteiger partial charge >= 0.3 is 5.97 Å². The largest absolute Gasteiger partial charge is 0.480 e. The van der Waals surface area contributed by atoms with Gasteiger partial charge in [0.25, 0.3) is 0 Å². The first-order valence-electron chi connectivity index (χ1n) is 26.0. The van der Waals surface area contributed by atoms with Crippen molar-refractivity contribution in [1.82, 2.24) is 52.8 Å². The number of aromatic nitrogens is 1. The molecule has 0 aliphatic carbocycles. The van der Waals surface area contributed by atoms with Crippen LogP contribution in [0.5, 0.6) is 0 Å². The van der Waals surface area contributed by atoms with E-state index >= 15 is 0 Å². The van der Waals surface area contributed by atoms with Crippen LogP contribution in [-0.2, 0) is 68.7 Å². The number of hydrogen-bond donors (Lipinski definition) is 18. The van der Waals surface area contributed by atoms with Crippen LogP contribution >= 0.6 is 25.3 Å². The SMILES string of the molecule is CC(C)C[C@H](NC(=O)[C@H](CC(C)C)NC(=O)[C@H](CC(N)=O)NC(=O)[C@H](Cc1c[nH]c2ccccc12)NC(=O)[C@H](CCCCN)NC(=O)[C@H](CC(N)=O)NC(=O)[C@H](CS)NC(=O)[C@H](C)N)C(=O)N[C@@H](CC(N)=O)C(=O)N[C@@H](CS)C(=O)O. The number of aromatic amines is 1. The Labute approximate surface area is 479 Å². The Hall–Kier alpha value is -7.51. The van der Waals surface area contributed by atoms with Crippen LogP contribution in [0.2, 0.25) is 0 Å². The molecule has 2 rings (SSSR count). The van der Waals surface area contributed by atoms with Crippen LogP contribution in [-0.4, -0.2) is 165 Å². The summed E-state index contributed by atoms with van der Waals surface area (Å²) in [6, 6.07) is -8.05. The van der Waals surface area contributed by atoms with Gasteiger partial charge in [0.15, 0.2) is 0 Å². The lowest BCUT2D eigenvalue weighted by molar-refractivity contribution is -0.142. The number of nitrogens with one attached hydrogen (secondary N) is 10. The van der Waals surface area contributed by atoms with Gasteiger partial charge in [0, 0.05) is 35.0 Å². The van der Waals surface area contributed by atoms with E-state index in [1.807, 2.05) is 0 Å². The summed E-state index contributed by atoms with van der Waals surface area (Å²) in [4.78, 5) is 175. The molecule has 0 radical (unpaired) electrons. The quantitative estimate of drug-likeness (QED) is 0.0223. The van der Waals surface area contributed by atoms with E-state index in [-0.39, 0.29) is 62.0 Å². The second-order valence-electron chi connectivity index (χ2n) is 20.2. The molecule has 10 atom stereocenters. The predicted molar refractivity (Wildman–Crippen MR) is 302 cm³/mol. The van der Waals surface area contributed by atoms with Gasteiger partial charge in [0.1, 0.15) is 54.4 Å². The Morgan fingerprint density at radius 1 is 0.494 bits per heavy atom. The summed E-state index contributed by atoms with van der Waals surface area (Å²) in [5.41, 5.74) is 28.9. The van der Waals surface area contributed by atoms with Gasteiger partial charge in [-0.05, 0) is 69.0 Å². The molecule has 31 heteroatoms. The van der Waals surface area contributed by atoms with Gasteiger partial charge in [0.2, 0.25) is 70.9 Å². The van der Waals surface area contributed by atoms with Crippen molar-refractivity contribution in [3.05, 3.63) is 36.0 Å². The first-order chi connectivity index (χ1) is 38.0. The maximum atomic E-state index is 14.6. The Balaban J connectivity index is 2.57. The molecule has 29 nitrogen and oxygen atoms in total. The summed E-state index contributed by atoms with van der Waals surface area (Å²) in [7, 11) is 0. The molecular formula is C50H79N15O14S2. The molecule has 0 spiro atoms. The van der Waals surface area contributed by atoms with Gasteiger partial charge in [-0.1, -0.05) is 45.9 Å². The topological polar surface area (TPSA) is 496 Å². The van der Waals surface area contributed by atoms with Gasteiger partial charge < -0.3 is 86.6 Å². The number of hydrogen-bond acceptors (Lipinski definition) is 17. The highest BCUT2D eigenvalue weighted by Gasteiger charge is 2.37. The molecule has 0 aliphatic rings. The number of primary amides is 3. The fourth-order valence-electron chi connectivity index (χ4n) is 7.99. The van der Waals surface area contributed by atoms with Crippen LogP contribution in [0.15, 0.2) is 30.5 Å². The summed E-state index contributed by atoms with van der Waals surface area (Å²) in [5, 5.41) is 32.0. The van der Waals surface area contributed by atoms with Crippen LogP contribution in [0.4, 0.5) is 0 Å². The number of unbranched alkanes of at least 4 members (excludes halogenated alkanes) is 1. The zero-order chi connectivity index (χ0) is 61.3. The predicted octanol–water partition coefficient (Wildman–Crippen LogP) is -4.79. The van der Waals surface area contributed by atoms with Gasteiger partial charge in [0.05, 0.1) is 25.3 Å². The summed E-state index contributed by atoms with van der Waals surface area (Å²) in [6.07, 6.45) is -0.705. The summed E-state index contributed by atoms with van der Waals surface area (Å²) >= 11 is 8.01. The van der Waals surface area contributed by atoms with Crippen LogP contribution in [0.3, 0.4) is 0 Å². The summed E-state index contributed by atoms with van der Waals surface area (Å²) < 4.78 is 0. The molecule has 81 heavy (non-hydrogen) atoms. The number of benzene rings is 1. The molecule has 1 aromatic carbocycles. The number of rotatable bonds is 37. The maximum Gasteiger partial charge on any atom is 0.327 e. The first kappa shape index (κ1) is 69.6. The minimum atomic E-state index is -1.81. The molecule has 0 unspecified atom stereocenters. The fraction of sp³-hybridized carbons (Fsp3) is 0.580. The monoisotopic (exact) mass is 1180 g/mol. The zero-order valence-electron chi connectivity index (χ0n) is 45.8. The number of fused-ring (bicyclic) bond motifs is 1. The van der Waals surface area contributed by atoms with Crippen LogP contribution in [0, 0.1) is 11.8 Å². The first-order valence-corrected chi connectivity index (χ1v) is 27.3. The van der Waals surface area contributed by atoms with Crippen molar-refractivity contribution < 1.29 is 67.4 Å². The molecule has 1 heterocycles. The second-order valence-corrected chi connectivity index (χ2v) is 20.9. The number of carbonyl (C=O) groups excluding carboxylic acids is 12. The van der Waals surface area contributed by atoms with E-state index in [1.54, 1.807) is 58.2 Å². The number of amides is 12. The van der Waals surface area contributed by atoms with Crippen molar-refractivity contribution in [2.24, 2.45) is 40.5 Å². The highest BCUT2D eigenvalue weighted by Crippen LogP contribution is 2.20. The van der Waals surface area contributed by atoms with Crippen molar-refractivity contribution in [3.8, 4) is 0 Å². The molecule has 0 saturated carbocycles. The molecular weight excluding hydrogens is 1100 g/mol. The Kier molecular flexibility index (Phi) is 29.7. The highest BCUT2D eigenvalue weighted by atomic mass is 32.1. The zero-order valence-corrected chi connectivity index (χ0v) is 47.6. The Morgan fingerprint density at radius 3 is 1.26 bits per heavy atom. The van der Waals surface area contributed by atoms with E-state index in [9.17, 15) is 67.4 Å². The van der Waals surface area contributed by atoms with Crippen molar-refractivity contribution >= 4 is 113 Å². The number of H-pyrrole nitrogens is 1. The molecule has 450 valence electrons. The lowest BCUT2D eigenvalue weighted by atomic mass is 9.99. The number of thiol groups is 2. The van der Waals surface area contributed by atoms with E-state index in [1.165, 1.54) is 6.92 Å². The molecule has 2 aromatic rings. The van der Waals surface area contributed by atoms with Crippen LogP contribution in [0.1, 0.15) is 91.5 Å². The average molecular weight is 1180 g/mol. The number of carbonyl (C=O) groups is 13. The Morgan fingerprint density at radius 2 is 0.852 bits per heavy atom. The smallest absolute Gasteiger partial charge is 0.327 e. The van der Waals surface area contributed by atoms with Crippen molar-refractivity contribution in [1.29, 1.82) is 0 Å². The third-order valence-corrected chi connectivity index (χ3v) is 12.9. The number of aliphatic carboxylic acids is 1. The van der Waals surface area contributed by atoms with Gasteiger partial charge in [-0.25, -0.2) is 4.79 Å². The van der Waals surface area contributed by atoms with E-state index in [0.29, 0.717) is 22.9 Å². The molecule has 0 saturated heterocycles. The number of carboxylic acid groups (broad SMARTS) is 1. The molecule has 12 amide bonds. The highest BCUT2D eigenvalue weighted by molar-refractivity contribution is 7.80. The summed E-state index contributed by atoms with van der Waals surface area (Å²) in [5.74, 6) is -14.6. The fourth-order valence-corrected chi connectivity index (χ4v) is 8.49. The van der Waals surface area contributed by atoms with E-state index in [2.05, 4.69) is 78.1 Å². The third-order valence-electron chi connectivity index (χ3n) is 12.1. The molecule has 0 aliphatic heterocycles. The summed E-state index contributed by atoms with van der Waals surface area (Å²) in [6.45, 7) is 8.38. The van der Waals surface area contributed by atoms with Gasteiger partial charge in [-0.15, -0.1) is 0 Å². The number of para-hydroxylation sites is 1. The normalized spacial score (nSPS) is 14.9. The lowest BCUT2D eigenvalue weighted by Crippen LogP contribution is -2.61. The molecule has 0 bridgehead atoms. The standard InChI is InChI=1S/C50H79N15O14S2/c1-23(2)14-30(43(71)58-31(15-24(3)4)44(72)61-35(19-40(55)68)48(76)65-37(22-81)50(78)79)59-47(75)34(18-39(54)67)62-45(73)32(16-26-20-56-28-11-7-6-10-27(26)28)60-42(70)29(12-8-9-13-51)57-46(74)33(17-38(53)66)63-49(77)36(21-80)64-41(69)25(5)52/h6-7,10-11,20,23-25,29-37,56,80-81H,8-9,12-19,21-22,51-52H2,1-5H3,(H2,53,66)(H2,54,67)(H2,55,68)(H,57,74)(H,58,71)(H,59,75)(H,60,70)(H,61,72)(H,62,73)(H,63,77)(H,64,69)(H,65,76)(H,78,79)/t25-,29-,30-,31-,32-,33-,34-,35-,36-,37-/m0/s1. The van der Waals surface area contributed by atoms with Crippen LogP contribution < -0.4 is 76.5 Å². The van der Waals surface area contributed by atoms with Gasteiger partial charge in [-0.2, -0.15) is 25.3 Å². The van der Waals surface area contributed by atoms with Crippen molar-refractivity contribution in [3.63, 3.8) is 0 Å². The number of carboxylic acids is 1. The maximum absolute atomic E-state index is 14.6. The average Bonchev–Trinajstić information content (AvgIpc) is 3.86. The minimum Gasteiger partial charge on any atom is -0.480 e. The van der Waals surface area contributed by atoms with E-state index in [0.717, 1.165) is 0 Å². The van der Waals surface area contributed by atoms with Crippen molar-refractivity contribution in [2.45, 2.75) is 153 Å². The lowest BCUT2D eigenvalue weighted by Gasteiger charge is -2.28. The van der Waals surface area contributed by atoms with Crippen molar-refractivity contribution in [2.75, 3.05) is 18.1 Å². The minimum absolute atomic E-state index is 0.0576. The van der Waals surface area contributed by atoms with Crippen LogP contribution in [0.25, 0.3) is 10.9 Å². The third kappa shape index (κ3) is 24.4. The van der Waals surface area contributed by atoms with Gasteiger partial charge in [-0.3, -0.25) is 57.5 Å². The Bertz CT molecular complexity index is 2570. The number of nitrogens with two attached hydrogens (primary N) is 5.